The molecule has 1 atom stereocenters. The lowest BCUT2D eigenvalue weighted by molar-refractivity contribution is -0.119. The molecule has 6 heteroatoms. The second-order valence-corrected chi connectivity index (χ2v) is 4.25. The zero-order chi connectivity index (χ0) is 13.0. The van der Waals surface area contributed by atoms with Crippen LogP contribution in [0, 0.1) is 5.92 Å². The van der Waals surface area contributed by atoms with E-state index in [9.17, 15) is 4.79 Å². The fourth-order valence-electron chi connectivity index (χ4n) is 2.02. The summed E-state index contributed by atoms with van der Waals surface area (Å²) >= 11 is 0. The van der Waals surface area contributed by atoms with E-state index in [1.165, 1.54) is 0 Å². The van der Waals surface area contributed by atoms with E-state index in [1.54, 1.807) is 32.4 Å². The first-order valence-electron chi connectivity index (χ1n) is 5.98. The van der Waals surface area contributed by atoms with Gasteiger partial charge in [0.1, 0.15) is 11.5 Å². The van der Waals surface area contributed by atoms with Gasteiger partial charge in [0.25, 0.3) is 0 Å². The summed E-state index contributed by atoms with van der Waals surface area (Å²) < 4.78 is 10.4. The van der Waals surface area contributed by atoms with Crippen molar-refractivity contribution in [3.63, 3.8) is 0 Å². The molecule has 1 aliphatic heterocycles. The van der Waals surface area contributed by atoms with Crippen LogP contribution in [0.4, 0.5) is 5.69 Å². The molecule has 1 aromatic carbocycles. The number of hydrogen-bond acceptors (Lipinski definition) is 4. The number of methoxy groups -OCH3 is 2. The maximum atomic E-state index is 12.0. The molecule has 2 rings (SSSR count). The quantitative estimate of drug-likeness (QED) is 0.884. The van der Waals surface area contributed by atoms with Gasteiger partial charge < -0.3 is 20.1 Å². The number of nitrogens with one attached hydrogen (secondary N) is 2. The molecule has 0 radical (unpaired) electrons. The fourth-order valence-corrected chi connectivity index (χ4v) is 2.02. The summed E-state index contributed by atoms with van der Waals surface area (Å²) in [5.41, 5.74) is 0.676. The zero-order valence-corrected chi connectivity index (χ0v) is 11.9. The van der Waals surface area contributed by atoms with Crippen molar-refractivity contribution in [1.82, 2.24) is 5.32 Å². The Balaban J connectivity index is 0.00000180. The largest absolute Gasteiger partial charge is 0.497 e. The highest BCUT2D eigenvalue weighted by Crippen LogP contribution is 2.29. The van der Waals surface area contributed by atoms with Crippen molar-refractivity contribution < 1.29 is 14.3 Å². The molecule has 1 unspecified atom stereocenters. The van der Waals surface area contributed by atoms with Crippen LogP contribution in [-0.2, 0) is 4.79 Å². The van der Waals surface area contributed by atoms with E-state index in [0.29, 0.717) is 17.2 Å². The Labute approximate surface area is 119 Å². The molecule has 1 heterocycles. The molecule has 5 nitrogen and oxygen atoms in total. The van der Waals surface area contributed by atoms with Crippen molar-refractivity contribution in [3.05, 3.63) is 18.2 Å². The van der Waals surface area contributed by atoms with Gasteiger partial charge in [0.15, 0.2) is 0 Å². The number of rotatable bonds is 4. The van der Waals surface area contributed by atoms with Crippen LogP contribution in [0.25, 0.3) is 0 Å². The minimum atomic E-state index is 0. The van der Waals surface area contributed by atoms with Crippen LogP contribution >= 0.6 is 12.4 Å². The Bertz CT molecular complexity index is 434. The van der Waals surface area contributed by atoms with Gasteiger partial charge in [-0.25, -0.2) is 0 Å². The standard InChI is InChI=1S/C13H18N2O3.ClH/c1-17-10-3-4-11(12(7-10)18-2)15-13(16)9-5-6-14-8-9;/h3-4,7,9,14H,5-6,8H2,1-2H3,(H,15,16);1H. The molecule has 2 N–H and O–H groups in total. The third-order valence-electron chi connectivity index (χ3n) is 3.10. The first-order valence-corrected chi connectivity index (χ1v) is 5.98. The second kappa shape index (κ2) is 7.21. The van der Waals surface area contributed by atoms with Crippen molar-refractivity contribution in [2.45, 2.75) is 6.42 Å². The van der Waals surface area contributed by atoms with Gasteiger partial charge in [0.05, 0.1) is 25.8 Å². The van der Waals surface area contributed by atoms with E-state index in [1.807, 2.05) is 0 Å². The van der Waals surface area contributed by atoms with E-state index >= 15 is 0 Å². The number of hydrogen-bond donors (Lipinski definition) is 2. The molecule has 19 heavy (non-hydrogen) atoms. The summed E-state index contributed by atoms with van der Waals surface area (Å²) in [6, 6.07) is 5.34. The smallest absolute Gasteiger partial charge is 0.228 e. The van der Waals surface area contributed by atoms with Crippen LogP contribution in [0.5, 0.6) is 11.5 Å². The summed E-state index contributed by atoms with van der Waals surface area (Å²) in [5.74, 6) is 1.38. The average molecular weight is 287 g/mol. The monoisotopic (exact) mass is 286 g/mol. The van der Waals surface area contributed by atoms with Crippen LogP contribution in [-0.4, -0.2) is 33.2 Å². The number of halogens is 1. The molecule has 0 saturated carbocycles. The highest BCUT2D eigenvalue weighted by Gasteiger charge is 2.23. The first kappa shape index (κ1) is 15.6. The predicted molar refractivity (Wildman–Crippen MR) is 76.4 cm³/mol. The van der Waals surface area contributed by atoms with Crippen LogP contribution in [0.15, 0.2) is 18.2 Å². The molecule has 1 amide bonds. The van der Waals surface area contributed by atoms with E-state index in [2.05, 4.69) is 10.6 Å². The highest BCUT2D eigenvalue weighted by molar-refractivity contribution is 5.94. The number of ether oxygens (including phenoxy) is 2. The number of anilines is 1. The van der Waals surface area contributed by atoms with Crippen LogP contribution < -0.4 is 20.1 Å². The maximum Gasteiger partial charge on any atom is 0.228 e. The third kappa shape index (κ3) is 3.75. The van der Waals surface area contributed by atoms with Crippen LogP contribution in [0.2, 0.25) is 0 Å². The zero-order valence-electron chi connectivity index (χ0n) is 11.1. The normalized spacial score (nSPS) is 17.5. The molecule has 1 saturated heterocycles. The molecule has 1 aliphatic rings. The third-order valence-corrected chi connectivity index (χ3v) is 3.10. The van der Waals surface area contributed by atoms with Crippen LogP contribution in [0.1, 0.15) is 6.42 Å². The Kier molecular flexibility index (Phi) is 5.92. The number of amides is 1. The van der Waals surface area contributed by atoms with Crippen molar-refractivity contribution in [2.75, 3.05) is 32.6 Å². The predicted octanol–water partition coefficient (Wildman–Crippen LogP) is 1.67. The Morgan fingerprint density at radius 3 is 2.74 bits per heavy atom. The summed E-state index contributed by atoms with van der Waals surface area (Å²) in [5, 5.41) is 6.07. The molecule has 0 bridgehead atoms. The second-order valence-electron chi connectivity index (χ2n) is 4.25. The Morgan fingerprint density at radius 2 is 2.16 bits per heavy atom. The topological polar surface area (TPSA) is 59.6 Å². The molecule has 0 aliphatic carbocycles. The Morgan fingerprint density at radius 1 is 1.37 bits per heavy atom. The van der Waals surface area contributed by atoms with Crippen LogP contribution in [0.3, 0.4) is 0 Å². The van der Waals surface area contributed by atoms with Crippen molar-refractivity contribution in [1.29, 1.82) is 0 Å². The van der Waals surface area contributed by atoms with Crippen molar-refractivity contribution in [2.24, 2.45) is 5.92 Å². The van der Waals surface area contributed by atoms with Gasteiger partial charge in [-0.3, -0.25) is 4.79 Å². The summed E-state index contributed by atoms with van der Waals surface area (Å²) in [6.45, 7) is 1.64. The molecule has 1 aromatic rings. The van der Waals surface area contributed by atoms with Gasteiger partial charge in [-0.2, -0.15) is 0 Å². The van der Waals surface area contributed by atoms with Gasteiger partial charge >= 0.3 is 0 Å². The van der Waals surface area contributed by atoms with E-state index in [-0.39, 0.29) is 24.2 Å². The lowest BCUT2D eigenvalue weighted by Crippen LogP contribution is -2.24. The van der Waals surface area contributed by atoms with Crippen molar-refractivity contribution in [3.8, 4) is 11.5 Å². The van der Waals surface area contributed by atoms with E-state index < -0.39 is 0 Å². The maximum absolute atomic E-state index is 12.0. The number of carbonyl (C=O) groups excluding carboxylic acids is 1. The van der Waals surface area contributed by atoms with E-state index in [0.717, 1.165) is 19.5 Å². The molecule has 1 fully saturated rings. The Hall–Kier alpha value is -1.46. The number of benzene rings is 1. The highest BCUT2D eigenvalue weighted by atomic mass is 35.5. The fraction of sp³-hybridized carbons (Fsp3) is 0.462. The minimum absolute atomic E-state index is 0. The molecule has 0 spiro atoms. The van der Waals surface area contributed by atoms with Crippen molar-refractivity contribution >= 4 is 24.0 Å². The molecule has 0 aromatic heterocycles. The van der Waals surface area contributed by atoms with Gasteiger partial charge in [-0.05, 0) is 25.1 Å². The van der Waals surface area contributed by atoms with E-state index in [4.69, 9.17) is 9.47 Å². The lowest BCUT2D eigenvalue weighted by Gasteiger charge is -2.13. The van der Waals surface area contributed by atoms with Gasteiger partial charge in [0, 0.05) is 12.6 Å². The van der Waals surface area contributed by atoms with Gasteiger partial charge in [0.2, 0.25) is 5.91 Å². The van der Waals surface area contributed by atoms with Gasteiger partial charge in [-0.15, -0.1) is 12.4 Å². The molecule has 106 valence electrons. The first-order chi connectivity index (χ1) is 8.74. The molecular weight excluding hydrogens is 268 g/mol. The summed E-state index contributed by atoms with van der Waals surface area (Å²) in [6.07, 6.45) is 0.879. The number of carbonyl (C=O) groups is 1. The minimum Gasteiger partial charge on any atom is -0.497 e. The average Bonchev–Trinajstić information content (AvgIpc) is 2.93. The van der Waals surface area contributed by atoms with Gasteiger partial charge in [-0.1, -0.05) is 0 Å². The summed E-state index contributed by atoms with van der Waals surface area (Å²) in [4.78, 5) is 12.0. The SMILES string of the molecule is COc1ccc(NC(=O)C2CCNC2)c(OC)c1.Cl. The summed E-state index contributed by atoms with van der Waals surface area (Å²) in [7, 11) is 3.17. The molecular formula is C13H19ClN2O3. The lowest BCUT2D eigenvalue weighted by atomic mass is 10.1.